The summed E-state index contributed by atoms with van der Waals surface area (Å²) in [4.78, 5) is 26.1. The number of hydrogen-bond acceptors (Lipinski definition) is 4. The Balaban J connectivity index is 1.64. The minimum Gasteiger partial charge on any atom is -0.481 e. The third-order valence-corrected chi connectivity index (χ3v) is 5.06. The van der Waals surface area contributed by atoms with Gasteiger partial charge in [-0.1, -0.05) is 6.07 Å². The lowest BCUT2D eigenvalue weighted by Gasteiger charge is -2.32. The zero-order valence-corrected chi connectivity index (χ0v) is 13.5. The SMILES string of the molecule is O=C(O)CC[C@H]1CCCN(C(=O)c2cc(-c3cccs3)[nH]n2)C1. The zero-order chi connectivity index (χ0) is 16.2. The Morgan fingerprint density at radius 2 is 2.35 bits per heavy atom. The summed E-state index contributed by atoms with van der Waals surface area (Å²) in [6.07, 6.45) is 2.69. The lowest BCUT2D eigenvalue weighted by Crippen LogP contribution is -2.40. The summed E-state index contributed by atoms with van der Waals surface area (Å²) < 4.78 is 0. The van der Waals surface area contributed by atoms with Crippen LogP contribution < -0.4 is 0 Å². The Morgan fingerprint density at radius 1 is 1.48 bits per heavy atom. The van der Waals surface area contributed by atoms with E-state index in [0.29, 0.717) is 25.2 Å². The number of carbonyl (C=O) groups is 2. The van der Waals surface area contributed by atoms with Crippen molar-refractivity contribution in [2.45, 2.75) is 25.7 Å². The maximum absolute atomic E-state index is 12.6. The molecule has 2 aromatic heterocycles. The molecule has 2 N–H and O–H groups in total. The Morgan fingerprint density at radius 3 is 3.09 bits per heavy atom. The fraction of sp³-hybridized carbons (Fsp3) is 0.438. The van der Waals surface area contributed by atoms with Crippen LogP contribution in [0.3, 0.4) is 0 Å². The molecule has 1 amide bonds. The fourth-order valence-electron chi connectivity index (χ4n) is 2.96. The summed E-state index contributed by atoms with van der Waals surface area (Å²) in [5, 5.41) is 17.8. The molecular weight excluding hydrogens is 314 g/mol. The van der Waals surface area contributed by atoms with Gasteiger partial charge in [-0.25, -0.2) is 0 Å². The Labute approximate surface area is 138 Å². The van der Waals surface area contributed by atoms with E-state index < -0.39 is 5.97 Å². The number of carboxylic acids is 1. The first kappa shape index (κ1) is 15.7. The van der Waals surface area contributed by atoms with E-state index in [1.54, 1.807) is 22.3 Å². The molecule has 23 heavy (non-hydrogen) atoms. The van der Waals surface area contributed by atoms with Crippen molar-refractivity contribution in [3.8, 4) is 10.6 Å². The first-order valence-electron chi connectivity index (χ1n) is 7.74. The molecule has 6 nitrogen and oxygen atoms in total. The van der Waals surface area contributed by atoms with Crippen molar-refractivity contribution >= 4 is 23.2 Å². The molecular formula is C16H19N3O3S. The van der Waals surface area contributed by atoms with Gasteiger partial charge >= 0.3 is 5.97 Å². The number of likely N-dealkylation sites (tertiary alicyclic amines) is 1. The molecule has 1 aliphatic heterocycles. The second-order valence-corrected chi connectivity index (χ2v) is 6.78. The standard InChI is InChI=1S/C16H19N3O3S/c20-15(21)6-5-11-3-1-7-19(10-11)16(22)13-9-12(17-18-13)14-4-2-8-23-14/h2,4,8-9,11H,1,3,5-7,10H2,(H,17,18)(H,20,21)/t11-/m1/s1. The number of H-pyrrole nitrogens is 1. The molecule has 0 bridgehead atoms. The van der Waals surface area contributed by atoms with E-state index in [1.807, 2.05) is 17.5 Å². The number of aromatic amines is 1. The summed E-state index contributed by atoms with van der Waals surface area (Å²) in [5.41, 5.74) is 1.27. The average molecular weight is 333 g/mol. The Kier molecular flexibility index (Phi) is 4.76. The highest BCUT2D eigenvalue weighted by Crippen LogP contribution is 2.25. The molecule has 0 aliphatic carbocycles. The molecule has 0 spiro atoms. The van der Waals surface area contributed by atoms with Gasteiger partial charge < -0.3 is 10.0 Å². The molecule has 122 valence electrons. The van der Waals surface area contributed by atoms with E-state index in [9.17, 15) is 9.59 Å². The summed E-state index contributed by atoms with van der Waals surface area (Å²) in [6, 6.07) is 5.73. The van der Waals surface area contributed by atoms with Crippen molar-refractivity contribution in [2.24, 2.45) is 5.92 Å². The smallest absolute Gasteiger partial charge is 0.303 e. The van der Waals surface area contributed by atoms with Crippen LogP contribution in [0, 0.1) is 5.92 Å². The number of carbonyl (C=O) groups excluding carboxylic acids is 1. The van der Waals surface area contributed by atoms with Crippen LogP contribution in [0.2, 0.25) is 0 Å². The molecule has 0 unspecified atom stereocenters. The molecule has 3 heterocycles. The number of thiophene rings is 1. The number of carboxylic acid groups (broad SMARTS) is 1. The maximum atomic E-state index is 12.6. The van der Waals surface area contributed by atoms with E-state index in [-0.39, 0.29) is 18.2 Å². The zero-order valence-electron chi connectivity index (χ0n) is 12.7. The van der Waals surface area contributed by atoms with Gasteiger partial charge in [-0.05, 0) is 42.7 Å². The summed E-state index contributed by atoms with van der Waals surface area (Å²) in [5.74, 6) is -0.593. The normalized spacial score (nSPS) is 18.1. The molecule has 3 rings (SSSR count). The highest BCUT2D eigenvalue weighted by Gasteiger charge is 2.26. The van der Waals surface area contributed by atoms with Gasteiger partial charge in [0.05, 0.1) is 10.6 Å². The van der Waals surface area contributed by atoms with Crippen molar-refractivity contribution in [2.75, 3.05) is 13.1 Å². The van der Waals surface area contributed by atoms with E-state index in [4.69, 9.17) is 5.11 Å². The lowest BCUT2D eigenvalue weighted by atomic mass is 9.93. The van der Waals surface area contributed by atoms with Gasteiger partial charge in [0.2, 0.25) is 0 Å². The molecule has 2 aromatic rings. The molecule has 7 heteroatoms. The van der Waals surface area contributed by atoms with Crippen molar-refractivity contribution in [3.63, 3.8) is 0 Å². The molecule has 1 atom stereocenters. The van der Waals surface area contributed by atoms with Crippen LogP contribution in [0.5, 0.6) is 0 Å². The van der Waals surface area contributed by atoms with E-state index in [2.05, 4.69) is 10.2 Å². The third-order valence-electron chi connectivity index (χ3n) is 4.16. The van der Waals surface area contributed by atoms with Crippen LogP contribution in [-0.4, -0.2) is 45.2 Å². The van der Waals surface area contributed by atoms with Crippen LogP contribution in [0.25, 0.3) is 10.6 Å². The molecule has 0 radical (unpaired) electrons. The summed E-state index contributed by atoms with van der Waals surface area (Å²) >= 11 is 1.59. The van der Waals surface area contributed by atoms with Gasteiger partial charge in [-0.3, -0.25) is 14.7 Å². The van der Waals surface area contributed by atoms with E-state index in [0.717, 1.165) is 23.4 Å². The highest BCUT2D eigenvalue weighted by molar-refractivity contribution is 7.13. The fourth-order valence-corrected chi connectivity index (χ4v) is 3.66. The number of aromatic nitrogens is 2. The predicted octanol–water partition coefficient (Wildman–Crippen LogP) is 2.86. The number of piperidine rings is 1. The van der Waals surface area contributed by atoms with Gasteiger partial charge in [-0.2, -0.15) is 5.10 Å². The minimum atomic E-state index is -0.777. The highest BCUT2D eigenvalue weighted by atomic mass is 32.1. The van der Waals surface area contributed by atoms with Gasteiger partial charge in [-0.15, -0.1) is 11.3 Å². The van der Waals surface area contributed by atoms with Crippen molar-refractivity contribution in [1.29, 1.82) is 0 Å². The first-order chi connectivity index (χ1) is 11.1. The monoisotopic (exact) mass is 333 g/mol. The molecule has 1 saturated heterocycles. The van der Waals surface area contributed by atoms with Crippen molar-refractivity contribution in [3.05, 3.63) is 29.3 Å². The van der Waals surface area contributed by atoms with Crippen LogP contribution in [0.1, 0.15) is 36.2 Å². The van der Waals surface area contributed by atoms with E-state index in [1.165, 1.54) is 0 Å². The topological polar surface area (TPSA) is 86.3 Å². The number of nitrogens with zero attached hydrogens (tertiary/aromatic N) is 2. The number of aliphatic carboxylic acids is 1. The largest absolute Gasteiger partial charge is 0.481 e. The molecule has 1 fully saturated rings. The van der Waals surface area contributed by atoms with Crippen LogP contribution in [-0.2, 0) is 4.79 Å². The summed E-state index contributed by atoms with van der Waals surface area (Å²) in [7, 11) is 0. The summed E-state index contributed by atoms with van der Waals surface area (Å²) in [6.45, 7) is 1.33. The molecule has 0 saturated carbocycles. The van der Waals surface area contributed by atoms with Gasteiger partial charge in [0.1, 0.15) is 0 Å². The Hall–Kier alpha value is -2.15. The number of rotatable bonds is 5. The van der Waals surface area contributed by atoms with Gasteiger partial charge in [0.25, 0.3) is 5.91 Å². The van der Waals surface area contributed by atoms with Crippen molar-refractivity contribution in [1.82, 2.24) is 15.1 Å². The van der Waals surface area contributed by atoms with Crippen LogP contribution in [0.4, 0.5) is 0 Å². The maximum Gasteiger partial charge on any atom is 0.303 e. The lowest BCUT2D eigenvalue weighted by molar-refractivity contribution is -0.137. The van der Waals surface area contributed by atoms with Crippen molar-refractivity contribution < 1.29 is 14.7 Å². The van der Waals surface area contributed by atoms with Crippen LogP contribution in [0.15, 0.2) is 23.6 Å². The van der Waals surface area contributed by atoms with E-state index >= 15 is 0 Å². The molecule has 0 aromatic carbocycles. The number of amides is 1. The number of nitrogens with one attached hydrogen (secondary N) is 1. The predicted molar refractivity (Wildman–Crippen MR) is 87.4 cm³/mol. The average Bonchev–Trinajstić information content (AvgIpc) is 3.23. The first-order valence-corrected chi connectivity index (χ1v) is 8.62. The quantitative estimate of drug-likeness (QED) is 0.881. The van der Waals surface area contributed by atoms with Gasteiger partial charge in [0, 0.05) is 19.5 Å². The second-order valence-electron chi connectivity index (χ2n) is 5.84. The molecule has 1 aliphatic rings. The second kappa shape index (κ2) is 6.95. The third kappa shape index (κ3) is 3.79. The minimum absolute atomic E-state index is 0.0796. The van der Waals surface area contributed by atoms with Crippen LogP contribution >= 0.6 is 11.3 Å². The number of hydrogen-bond donors (Lipinski definition) is 2. The van der Waals surface area contributed by atoms with Gasteiger partial charge in [0.15, 0.2) is 5.69 Å². The Bertz CT molecular complexity index is 681.